The molecule has 324 valence electrons. The van der Waals surface area contributed by atoms with E-state index in [1.165, 1.54) is 103 Å². The SMILES string of the molecule is CC1(C)c2ccccc2-c2cc(N(c3ccc(-c4cccc5c4-c4ccccc4C54c5ccc6ccccc6c5Oc5c4ccc4ccccc54)cc3)c3cccc4sc5ccccc5c34)ccc21. The molecule has 3 heteroatoms. The fourth-order valence-corrected chi connectivity index (χ4v) is 13.8. The minimum Gasteiger partial charge on any atom is -0.455 e. The fraction of sp³-hybridized carbons (Fsp3) is 0.0606. The van der Waals surface area contributed by atoms with Gasteiger partial charge < -0.3 is 9.64 Å². The first-order valence-corrected chi connectivity index (χ1v) is 24.8. The van der Waals surface area contributed by atoms with Crippen LogP contribution in [0.4, 0.5) is 17.1 Å². The highest BCUT2D eigenvalue weighted by molar-refractivity contribution is 7.26. The van der Waals surface area contributed by atoms with Crippen molar-refractivity contribution in [1.82, 2.24) is 0 Å². The highest BCUT2D eigenvalue weighted by Gasteiger charge is 2.52. The van der Waals surface area contributed by atoms with E-state index < -0.39 is 5.41 Å². The normalized spacial score (nSPS) is 14.3. The summed E-state index contributed by atoms with van der Waals surface area (Å²) in [6.07, 6.45) is 0. The largest absolute Gasteiger partial charge is 0.455 e. The first-order chi connectivity index (χ1) is 34.0. The molecule has 0 fully saturated rings. The molecule has 69 heavy (non-hydrogen) atoms. The summed E-state index contributed by atoms with van der Waals surface area (Å²) in [6.45, 7) is 4.71. The van der Waals surface area contributed by atoms with Crippen LogP contribution in [0.15, 0.2) is 224 Å². The van der Waals surface area contributed by atoms with Crippen molar-refractivity contribution >= 4 is 70.1 Å². The van der Waals surface area contributed by atoms with Gasteiger partial charge in [-0.3, -0.25) is 0 Å². The minimum atomic E-state index is -0.613. The van der Waals surface area contributed by atoms with Gasteiger partial charge in [0.15, 0.2) is 0 Å². The minimum absolute atomic E-state index is 0.0793. The van der Waals surface area contributed by atoms with Gasteiger partial charge in [-0.2, -0.15) is 0 Å². The Morgan fingerprint density at radius 2 is 0.942 bits per heavy atom. The molecule has 0 saturated heterocycles. The van der Waals surface area contributed by atoms with Crippen LogP contribution in [0.3, 0.4) is 0 Å². The predicted molar refractivity (Wildman–Crippen MR) is 289 cm³/mol. The lowest BCUT2D eigenvalue weighted by Crippen LogP contribution is -2.32. The van der Waals surface area contributed by atoms with E-state index >= 15 is 0 Å². The van der Waals surface area contributed by atoms with Crippen LogP contribution in [0.5, 0.6) is 11.5 Å². The average Bonchev–Trinajstić information content (AvgIpc) is 4.01. The second kappa shape index (κ2) is 14.1. The molecule has 0 unspecified atom stereocenters. The van der Waals surface area contributed by atoms with Gasteiger partial charge in [0.2, 0.25) is 0 Å². The molecule has 1 aromatic heterocycles. The molecule has 11 aromatic carbocycles. The van der Waals surface area contributed by atoms with Gasteiger partial charge >= 0.3 is 0 Å². The summed E-state index contributed by atoms with van der Waals surface area (Å²) in [4.78, 5) is 2.49. The second-order valence-corrected chi connectivity index (χ2v) is 20.6. The van der Waals surface area contributed by atoms with Crippen molar-refractivity contribution in [3.05, 3.63) is 258 Å². The van der Waals surface area contributed by atoms with E-state index in [1.807, 2.05) is 11.3 Å². The van der Waals surface area contributed by atoms with Crippen molar-refractivity contribution in [2.75, 3.05) is 4.90 Å². The Morgan fingerprint density at radius 3 is 1.70 bits per heavy atom. The molecular formula is C66H43NOS. The molecule has 0 atom stereocenters. The Bertz CT molecular complexity index is 4070. The molecule has 1 aliphatic heterocycles. The van der Waals surface area contributed by atoms with Crippen LogP contribution in [0.1, 0.15) is 47.2 Å². The highest BCUT2D eigenvalue weighted by Crippen LogP contribution is 2.65. The molecule has 2 aliphatic carbocycles. The number of benzene rings is 11. The van der Waals surface area contributed by atoms with Crippen LogP contribution in [0, 0.1) is 0 Å². The lowest BCUT2D eigenvalue weighted by Gasteiger charge is -2.40. The van der Waals surface area contributed by atoms with Gasteiger partial charge in [0.05, 0.1) is 11.1 Å². The standard InChI is InChI=1S/C66H43NOS/c1-65(2)52-23-10-7-19-48(52)51-39-44(35-38-53(51)65)67(58-26-14-28-60-62(58)50-21-9-12-27-59(50)69-60)43-33-29-42(30-34-43)45-22-13-25-55-61(45)49-20-8-11-24-54(49)66(55)56-36-31-40-15-3-5-17-46(40)63(56)68-64-47-18-6-4-16-41(47)32-37-57(64)66/h3-39H,1-2H3. The maximum atomic E-state index is 7.24. The van der Waals surface area contributed by atoms with Crippen LogP contribution in [-0.4, -0.2) is 0 Å². The number of ether oxygens (including phenoxy) is 1. The third-order valence-corrected chi connectivity index (χ3v) is 16.9. The number of rotatable bonds is 4. The van der Waals surface area contributed by atoms with Gasteiger partial charge in [-0.05, 0) is 109 Å². The molecule has 0 N–H and O–H groups in total. The second-order valence-electron chi connectivity index (χ2n) is 19.5. The number of hydrogen-bond acceptors (Lipinski definition) is 3. The van der Waals surface area contributed by atoms with Crippen molar-refractivity contribution in [2.45, 2.75) is 24.7 Å². The molecule has 3 aliphatic rings. The Balaban J connectivity index is 0.945. The molecule has 0 amide bonds. The predicted octanol–water partition coefficient (Wildman–Crippen LogP) is 18.3. The average molecular weight is 898 g/mol. The number of anilines is 3. The van der Waals surface area contributed by atoms with Crippen molar-refractivity contribution in [1.29, 1.82) is 0 Å². The van der Waals surface area contributed by atoms with Crippen LogP contribution in [0.25, 0.3) is 75.1 Å². The summed E-state index contributed by atoms with van der Waals surface area (Å²) in [6, 6.07) is 83.6. The van der Waals surface area contributed by atoms with Crippen LogP contribution in [-0.2, 0) is 10.8 Å². The third-order valence-electron chi connectivity index (χ3n) is 15.7. The third kappa shape index (κ3) is 5.20. The molecule has 2 nitrogen and oxygen atoms in total. The Kier molecular flexibility index (Phi) is 7.96. The monoisotopic (exact) mass is 897 g/mol. The van der Waals surface area contributed by atoms with Crippen molar-refractivity contribution in [3.8, 4) is 44.9 Å². The quantitative estimate of drug-likeness (QED) is 0.175. The van der Waals surface area contributed by atoms with Crippen molar-refractivity contribution in [2.24, 2.45) is 0 Å². The van der Waals surface area contributed by atoms with Crippen LogP contribution >= 0.6 is 11.3 Å². The summed E-state index contributed by atoms with van der Waals surface area (Å²) in [5.74, 6) is 1.86. The Morgan fingerprint density at radius 1 is 0.391 bits per heavy atom. The number of nitrogens with zero attached hydrogens (tertiary/aromatic N) is 1. The van der Waals surface area contributed by atoms with Gasteiger partial charge in [-0.25, -0.2) is 0 Å². The van der Waals surface area contributed by atoms with Crippen LogP contribution in [0.2, 0.25) is 0 Å². The molecule has 0 saturated carbocycles. The molecule has 0 radical (unpaired) electrons. The zero-order valence-corrected chi connectivity index (χ0v) is 38.9. The number of fused-ring (bicyclic) bond motifs is 19. The van der Waals surface area contributed by atoms with Gasteiger partial charge in [0, 0.05) is 58.9 Å². The number of thiophene rings is 1. The van der Waals surface area contributed by atoms with E-state index in [9.17, 15) is 0 Å². The molecule has 12 aromatic rings. The molecule has 15 rings (SSSR count). The maximum Gasteiger partial charge on any atom is 0.140 e. The van der Waals surface area contributed by atoms with Gasteiger partial charge in [0.1, 0.15) is 11.5 Å². The van der Waals surface area contributed by atoms with E-state index in [0.717, 1.165) is 33.6 Å². The molecule has 2 heterocycles. The Labute approximate surface area is 405 Å². The summed E-state index contributed by atoms with van der Waals surface area (Å²) in [5, 5.41) is 7.15. The lowest BCUT2D eigenvalue weighted by atomic mass is 9.65. The van der Waals surface area contributed by atoms with E-state index in [1.54, 1.807) is 0 Å². The smallest absolute Gasteiger partial charge is 0.140 e. The maximum absolute atomic E-state index is 7.24. The zero-order chi connectivity index (χ0) is 45.6. The first-order valence-electron chi connectivity index (χ1n) is 24.0. The van der Waals surface area contributed by atoms with E-state index in [2.05, 4.69) is 243 Å². The summed E-state index contributed by atoms with van der Waals surface area (Å²) >= 11 is 1.87. The van der Waals surface area contributed by atoms with Crippen molar-refractivity contribution < 1.29 is 4.74 Å². The van der Waals surface area contributed by atoms with Gasteiger partial charge in [-0.15, -0.1) is 11.3 Å². The molecular weight excluding hydrogens is 855 g/mol. The molecule has 1 spiro atoms. The first kappa shape index (κ1) is 38.8. The summed E-state index contributed by atoms with van der Waals surface area (Å²) in [5.41, 5.74) is 17.9. The van der Waals surface area contributed by atoms with E-state index in [-0.39, 0.29) is 5.41 Å². The summed E-state index contributed by atoms with van der Waals surface area (Å²) < 4.78 is 9.82. The van der Waals surface area contributed by atoms with Crippen LogP contribution < -0.4 is 9.64 Å². The Hall–Kier alpha value is -8.24. The summed E-state index contributed by atoms with van der Waals surface area (Å²) in [7, 11) is 0. The van der Waals surface area contributed by atoms with Gasteiger partial charge in [0.25, 0.3) is 0 Å². The topological polar surface area (TPSA) is 12.5 Å². The zero-order valence-electron chi connectivity index (χ0n) is 38.1. The van der Waals surface area contributed by atoms with Gasteiger partial charge in [-0.1, -0.05) is 196 Å². The van der Waals surface area contributed by atoms with E-state index in [4.69, 9.17) is 4.74 Å². The fourth-order valence-electron chi connectivity index (χ4n) is 12.7. The molecule has 0 bridgehead atoms. The van der Waals surface area contributed by atoms with Crippen molar-refractivity contribution in [3.63, 3.8) is 0 Å². The number of hydrogen-bond donors (Lipinski definition) is 0. The van der Waals surface area contributed by atoms with E-state index in [0.29, 0.717) is 0 Å². The lowest BCUT2D eigenvalue weighted by molar-refractivity contribution is 0.447. The highest BCUT2D eigenvalue weighted by atomic mass is 32.1.